The molecule has 0 fully saturated rings. The summed E-state index contributed by atoms with van der Waals surface area (Å²) in [5, 5.41) is 6.07. The molecule has 2 aromatic heterocycles. The molecule has 0 unspecified atom stereocenters. The summed E-state index contributed by atoms with van der Waals surface area (Å²) in [6, 6.07) is 32.4. The molecule has 0 spiro atoms. The Morgan fingerprint density at radius 3 is 1.36 bits per heavy atom. The minimum Gasteiger partial charge on any atom is -0.456 e. The van der Waals surface area contributed by atoms with E-state index in [0.29, 0.717) is 23.0 Å². The standard InChI is InChI=1S/C49H42Br2N2O5/c1-7-39-29(5)37(35-23-45(27(3)21-41(35)52-39)57-43-19-17-31-13-9-11-15-33(31)47(43)50)25-55-49(54)56-26-38-30(6)40(8-2)53-42-22-28(4)46(24-36(38)42)58-44-20-18-32-14-10-12-16-34(32)48(44)51/h9-24H,7-8,25-26H2,1-6H3. The van der Waals surface area contributed by atoms with Gasteiger partial charge in [-0.2, -0.15) is 0 Å². The molecule has 58 heavy (non-hydrogen) atoms. The normalized spacial score (nSPS) is 11.4. The zero-order valence-electron chi connectivity index (χ0n) is 33.3. The molecule has 2 heterocycles. The number of carbonyl (C=O) groups is 1. The zero-order chi connectivity index (χ0) is 40.7. The van der Waals surface area contributed by atoms with Crippen LogP contribution in [0.1, 0.15) is 58.6 Å². The predicted molar refractivity (Wildman–Crippen MR) is 240 cm³/mol. The topological polar surface area (TPSA) is 79.8 Å². The third-order valence-electron chi connectivity index (χ3n) is 11.0. The first kappa shape index (κ1) is 39.3. The summed E-state index contributed by atoms with van der Waals surface area (Å²) in [5.74, 6) is 2.79. The maximum atomic E-state index is 13.5. The van der Waals surface area contributed by atoms with Crippen LogP contribution in [0.3, 0.4) is 0 Å². The van der Waals surface area contributed by atoms with E-state index < -0.39 is 6.16 Å². The number of hydrogen-bond donors (Lipinski definition) is 0. The number of hydrogen-bond acceptors (Lipinski definition) is 7. The van der Waals surface area contributed by atoms with Gasteiger partial charge < -0.3 is 18.9 Å². The molecule has 0 saturated carbocycles. The number of aryl methyl sites for hydroxylation is 4. The Hall–Kier alpha value is -5.51. The van der Waals surface area contributed by atoms with E-state index >= 15 is 0 Å². The van der Waals surface area contributed by atoms with Gasteiger partial charge in [0.2, 0.25) is 0 Å². The molecule has 0 aliphatic heterocycles. The quantitative estimate of drug-likeness (QED) is 0.127. The van der Waals surface area contributed by atoms with Crippen molar-refractivity contribution in [3.05, 3.63) is 151 Å². The van der Waals surface area contributed by atoms with E-state index in [1.807, 2.05) is 100 Å². The monoisotopic (exact) mass is 896 g/mol. The van der Waals surface area contributed by atoms with Gasteiger partial charge >= 0.3 is 6.16 Å². The van der Waals surface area contributed by atoms with Crippen LogP contribution in [0.2, 0.25) is 0 Å². The number of rotatable bonds is 10. The van der Waals surface area contributed by atoms with Crippen molar-refractivity contribution in [3.8, 4) is 23.0 Å². The van der Waals surface area contributed by atoms with Gasteiger partial charge in [0, 0.05) is 33.3 Å². The Kier molecular flexibility index (Phi) is 11.1. The fourth-order valence-corrected chi connectivity index (χ4v) is 8.78. The SMILES string of the molecule is CCc1nc2cc(C)c(Oc3ccc4ccccc4c3Br)cc2c(COC(=O)OCc2c(C)c(CC)nc3cc(C)c(Oc4ccc5ccccc5c4Br)cc23)c1C. The van der Waals surface area contributed by atoms with Gasteiger partial charge in [0.1, 0.15) is 36.2 Å². The highest BCUT2D eigenvalue weighted by Gasteiger charge is 2.20. The van der Waals surface area contributed by atoms with E-state index in [1.54, 1.807) is 0 Å². The summed E-state index contributed by atoms with van der Waals surface area (Å²) < 4.78 is 26.6. The molecule has 292 valence electrons. The molecule has 8 aromatic rings. The van der Waals surface area contributed by atoms with E-state index in [0.717, 1.165) is 110 Å². The summed E-state index contributed by atoms with van der Waals surface area (Å²) in [6.07, 6.45) is 0.701. The van der Waals surface area contributed by atoms with Crippen molar-refractivity contribution in [1.82, 2.24) is 9.97 Å². The van der Waals surface area contributed by atoms with Gasteiger partial charge in [0.15, 0.2) is 0 Å². The van der Waals surface area contributed by atoms with Gasteiger partial charge in [0.25, 0.3) is 0 Å². The number of halogens is 2. The van der Waals surface area contributed by atoms with Crippen LogP contribution in [0.5, 0.6) is 23.0 Å². The average Bonchev–Trinajstić information content (AvgIpc) is 3.23. The largest absolute Gasteiger partial charge is 0.508 e. The van der Waals surface area contributed by atoms with Crippen LogP contribution in [-0.4, -0.2) is 16.1 Å². The molecule has 0 radical (unpaired) electrons. The smallest absolute Gasteiger partial charge is 0.456 e. The fraction of sp³-hybridized carbons (Fsp3) is 0.204. The molecule has 0 aliphatic carbocycles. The number of fused-ring (bicyclic) bond motifs is 4. The minimum absolute atomic E-state index is 0.00690. The van der Waals surface area contributed by atoms with Crippen molar-refractivity contribution in [3.63, 3.8) is 0 Å². The van der Waals surface area contributed by atoms with E-state index in [-0.39, 0.29) is 13.2 Å². The van der Waals surface area contributed by atoms with Gasteiger partial charge in [-0.3, -0.25) is 9.97 Å². The molecule has 0 atom stereocenters. The number of benzene rings is 6. The van der Waals surface area contributed by atoms with Crippen molar-refractivity contribution < 1.29 is 23.7 Å². The highest BCUT2D eigenvalue weighted by atomic mass is 79.9. The van der Waals surface area contributed by atoms with Crippen LogP contribution in [0, 0.1) is 27.7 Å². The van der Waals surface area contributed by atoms with E-state index in [9.17, 15) is 4.79 Å². The Morgan fingerprint density at radius 1 is 0.534 bits per heavy atom. The third kappa shape index (κ3) is 7.49. The lowest BCUT2D eigenvalue weighted by Crippen LogP contribution is -2.11. The molecule has 0 bridgehead atoms. The van der Waals surface area contributed by atoms with Crippen LogP contribution in [-0.2, 0) is 35.5 Å². The van der Waals surface area contributed by atoms with Crippen molar-refractivity contribution in [1.29, 1.82) is 0 Å². The second-order valence-electron chi connectivity index (χ2n) is 14.5. The molecule has 0 saturated heterocycles. The van der Waals surface area contributed by atoms with Crippen LogP contribution in [0.4, 0.5) is 4.79 Å². The molecule has 8 rings (SSSR count). The van der Waals surface area contributed by atoms with E-state index in [4.69, 9.17) is 28.9 Å². The summed E-state index contributed by atoms with van der Waals surface area (Å²) in [4.78, 5) is 23.4. The molecule has 0 amide bonds. The van der Waals surface area contributed by atoms with Gasteiger partial charge in [-0.1, -0.05) is 74.5 Å². The predicted octanol–water partition coefficient (Wildman–Crippen LogP) is 14.4. The van der Waals surface area contributed by atoms with Crippen molar-refractivity contribution in [2.24, 2.45) is 0 Å². The molecule has 7 nitrogen and oxygen atoms in total. The lowest BCUT2D eigenvalue weighted by molar-refractivity contribution is 0.0449. The third-order valence-corrected chi connectivity index (χ3v) is 12.6. The average molecular weight is 899 g/mol. The van der Waals surface area contributed by atoms with Crippen molar-refractivity contribution in [2.75, 3.05) is 0 Å². The summed E-state index contributed by atoms with van der Waals surface area (Å²) in [6.45, 7) is 12.2. The molecule has 0 aliphatic rings. The Bertz CT molecular complexity index is 2730. The maximum absolute atomic E-state index is 13.5. The van der Waals surface area contributed by atoms with Gasteiger partial charge in [-0.25, -0.2) is 4.79 Å². The highest BCUT2D eigenvalue weighted by molar-refractivity contribution is 9.11. The Labute approximate surface area is 354 Å². The van der Waals surface area contributed by atoms with Crippen LogP contribution >= 0.6 is 31.9 Å². The Morgan fingerprint density at radius 2 is 0.948 bits per heavy atom. The van der Waals surface area contributed by atoms with Crippen LogP contribution < -0.4 is 9.47 Å². The lowest BCUT2D eigenvalue weighted by atomic mass is 9.99. The second-order valence-corrected chi connectivity index (χ2v) is 16.1. The summed E-state index contributed by atoms with van der Waals surface area (Å²) in [7, 11) is 0. The van der Waals surface area contributed by atoms with Crippen molar-refractivity contribution >= 4 is 81.4 Å². The number of nitrogens with zero attached hydrogens (tertiary/aromatic N) is 2. The second kappa shape index (κ2) is 16.4. The van der Waals surface area contributed by atoms with Crippen LogP contribution in [0.15, 0.2) is 106 Å². The van der Waals surface area contributed by atoms with E-state index in [2.05, 4.69) is 70.0 Å². The maximum Gasteiger partial charge on any atom is 0.508 e. The lowest BCUT2D eigenvalue weighted by Gasteiger charge is -2.18. The molecule has 9 heteroatoms. The first-order valence-electron chi connectivity index (χ1n) is 19.4. The number of pyridine rings is 2. The van der Waals surface area contributed by atoms with Crippen molar-refractivity contribution in [2.45, 2.75) is 67.6 Å². The fourth-order valence-electron chi connectivity index (χ4n) is 7.63. The minimum atomic E-state index is -0.766. The number of carbonyl (C=O) groups excluding carboxylic acids is 1. The van der Waals surface area contributed by atoms with Crippen LogP contribution in [0.25, 0.3) is 43.4 Å². The molecule has 6 aromatic carbocycles. The van der Waals surface area contributed by atoms with Gasteiger partial charge in [-0.15, -0.1) is 0 Å². The molecule has 0 N–H and O–H groups in total. The summed E-state index contributed by atoms with van der Waals surface area (Å²) >= 11 is 7.53. The molecular formula is C49H42Br2N2O5. The molecular weight excluding hydrogens is 856 g/mol. The first-order chi connectivity index (χ1) is 28.0. The number of aromatic nitrogens is 2. The number of ether oxygens (including phenoxy) is 4. The zero-order valence-corrected chi connectivity index (χ0v) is 36.4. The Balaban J connectivity index is 1.06. The van der Waals surface area contributed by atoms with E-state index in [1.165, 1.54) is 0 Å². The van der Waals surface area contributed by atoms with Gasteiger partial charge in [-0.05, 0) is 153 Å². The summed E-state index contributed by atoms with van der Waals surface area (Å²) in [5.41, 5.74) is 9.05. The highest BCUT2D eigenvalue weighted by Crippen LogP contribution is 2.40. The first-order valence-corrected chi connectivity index (χ1v) is 21.0. The van der Waals surface area contributed by atoms with Gasteiger partial charge in [0.05, 0.1) is 20.0 Å².